The molecule has 0 saturated heterocycles. The molecule has 6 nitrogen and oxygen atoms in total. The second-order valence-electron chi connectivity index (χ2n) is 8.52. The first kappa shape index (κ1) is 26.4. The molecule has 37 heavy (non-hydrogen) atoms. The lowest BCUT2D eigenvalue weighted by atomic mass is 9.77. The van der Waals surface area contributed by atoms with Crippen LogP contribution in [0.25, 0.3) is 22.2 Å². The van der Waals surface area contributed by atoms with Crippen LogP contribution in [-0.4, -0.2) is 28.9 Å². The molecule has 0 saturated carbocycles. The summed E-state index contributed by atoms with van der Waals surface area (Å²) >= 11 is 6.36. The smallest absolute Gasteiger partial charge is 0.422 e. The highest BCUT2D eigenvalue weighted by Gasteiger charge is 2.59. The Labute approximate surface area is 212 Å². The standard InChI is InChI=1S/C26H20ClF4NO5/c1-13(25(35,26(29,30)31)16-6-9-22-21(12-16)32(2)24(34)37-22)17-7-4-14(10-19(17)27)18-8-5-15(11-20(18)28)23(33)36-3/h4-13,35H,1-3H3. The molecule has 0 radical (unpaired) electrons. The number of carbonyl (C=O) groups excluding carboxylic acids is 1. The highest BCUT2D eigenvalue weighted by molar-refractivity contribution is 6.31. The first-order chi connectivity index (χ1) is 17.3. The van der Waals surface area contributed by atoms with Gasteiger partial charge in [0.05, 0.1) is 18.2 Å². The number of halogens is 5. The van der Waals surface area contributed by atoms with E-state index >= 15 is 0 Å². The lowest BCUT2D eigenvalue weighted by Crippen LogP contribution is -2.46. The van der Waals surface area contributed by atoms with E-state index in [1.807, 2.05) is 0 Å². The van der Waals surface area contributed by atoms with Gasteiger partial charge < -0.3 is 14.3 Å². The average Bonchev–Trinajstić information content (AvgIpc) is 3.14. The third-order valence-electron chi connectivity index (χ3n) is 6.46. The molecule has 0 aliphatic carbocycles. The molecule has 0 amide bonds. The molecule has 0 spiro atoms. The van der Waals surface area contributed by atoms with Crippen molar-refractivity contribution in [3.8, 4) is 11.1 Å². The lowest BCUT2D eigenvalue weighted by Gasteiger charge is -2.37. The van der Waals surface area contributed by atoms with Crippen LogP contribution in [0.2, 0.25) is 5.02 Å². The number of methoxy groups -OCH3 is 1. The van der Waals surface area contributed by atoms with Crippen LogP contribution >= 0.6 is 11.6 Å². The van der Waals surface area contributed by atoms with Crippen molar-refractivity contribution in [3.05, 3.63) is 92.7 Å². The van der Waals surface area contributed by atoms with Crippen LogP contribution in [-0.2, 0) is 17.4 Å². The van der Waals surface area contributed by atoms with Crippen molar-refractivity contribution in [3.63, 3.8) is 0 Å². The molecule has 1 heterocycles. The Morgan fingerprint density at radius 2 is 1.81 bits per heavy atom. The molecule has 0 aliphatic rings. The van der Waals surface area contributed by atoms with Crippen LogP contribution in [0.3, 0.4) is 0 Å². The van der Waals surface area contributed by atoms with Crippen LogP contribution in [0.1, 0.15) is 34.3 Å². The van der Waals surface area contributed by atoms with E-state index < -0.39 is 40.8 Å². The van der Waals surface area contributed by atoms with E-state index in [9.17, 15) is 32.3 Å². The Morgan fingerprint density at radius 1 is 1.11 bits per heavy atom. The summed E-state index contributed by atoms with van der Waals surface area (Å²) in [6.07, 6.45) is -5.14. The number of ether oxygens (including phenoxy) is 1. The lowest BCUT2D eigenvalue weighted by molar-refractivity contribution is -0.274. The molecule has 194 valence electrons. The molecule has 2 atom stereocenters. The Kier molecular flexibility index (Phi) is 6.68. The zero-order chi connectivity index (χ0) is 27.3. The number of alkyl halides is 3. The monoisotopic (exact) mass is 537 g/mol. The second kappa shape index (κ2) is 9.35. The third-order valence-corrected chi connectivity index (χ3v) is 6.79. The van der Waals surface area contributed by atoms with Gasteiger partial charge in [-0.2, -0.15) is 13.2 Å². The minimum absolute atomic E-state index is 0.0116. The van der Waals surface area contributed by atoms with Gasteiger partial charge >= 0.3 is 17.9 Å². The number of aryl methyl sites for hydroxylation is 1. The highest BCUT2D eigenvalue weighted by Crippen LogP contribution is 2.50. The Balaban J connectivity index is 1.78. The predicted octanol–water partition coefficient (Wildman–Crippen LogP) is 5.93. The Bertz CT molecular complexity index is 1580. The maximum atomic E-state index is 14.7. The van der Waals surface area contributed by atoms with Gasteiger partial charge in [-0.1, -0.05) is 42.8 Å². The van der Waals surface area contributed by atoms with Gasteiger partial charge in [-0.15, -0.1) is 0 Å². The van der Waals surface area contributed by atoms with Crippen molar-refractivity contribution in [1.29, 1.82) is 0 Å². The average molecular weight is 538 g/mol. The van der Waals surface area contributed by atoms with Crippen LogP contribution < -0.4 is 5.76 Å². The van der Waals surface area contributed by atoms with Gasteiger partial charge in [-0.25, -0.2) is 14.0 Å². The summed E-state index contributed by atoms with van der Waals surface area (Å²) in [6, 6.07) is 10.8. The first-order valence-corrected chi connectivity index (χ1v) is 11.2. The zero-order valence-corrected chi connectivity index (χ0v) is 20.4. The quantitative estimate of drug-likeness (QED) is 0.252. The van der Waals surface area contributed by atoms with Gasteiger partial charge in [0.25, 0.3) is 0 Å². The number of nitrogens with zero attached hydrogens (tertiary/aromatic N) is 1. The normalized spacial score (nSPS) is 14.4. The largest absolute Gasteiger partial charge is 0.465 e. The number of hydrogen-bond donors (Lipinski definition) is 1. The van der Waals surface area contributed by atoms with Crippen LogP contribution in [0.4, 0.5) is 17.6 Å². The highest BCUT2D eigenvalue weighted by atomic mass is 35.5. The SMILES string of the molecule is COC(=O)c1ccc(-c2ccc(C(C)C(O)(c3ccc4oc(=O)n(C)c4c3)C(F)(F)F)c(Cl)c2)c(F)c1. The van der Waals surface area contributed by atoms with Crippen molar-refractivity contribution in [2.45, 2.75) is 24.6 Å². The van der Waals surface area contributed by atoms with Crippen LogP contribution in [0, 0.1) is 5.82 Å². The fourth-order valence-electron chi connectivity index (χ4n) is 4.29. The fraction of sp³-hybridized carbons (Fsp3) is 0.231. The molecule has 0 bridgehead atoms. The van der Waals surface area contributed by atoms with Crippen molar-refractivity contribution >= 4 is 28.7 Å². The molecule has 11 heteroatoms. The molecule has 4 aromatic rings. The number of esters is 1. The minimum atomic E-state index is -5.14. The number of rotatable bonds is 5. The molecule has 0 aliphatic heterocycles. The number of benzene rings is 3. The van der Waals surface area contributed by atoms with E-state index in [0.717, 1.165) is 29.9 Å². The fourth-order valence-corrected chi connectivity index (χ4v) is 4.63. The van der Waals surface area contributed by atoms with E-state index in [1.54, 1.807) is 0 Å². The van der Waals surface area contributed by atoms with Gasteiger partial charge in [0, 0.05) is 23.6 Å². The van der Waals surface area contributed by atoms with Crippen molar-refractivity contribution in [1.82, 2.24) is 4.57 Å². The molecule has 1 N–H and O–H groups in total. The molecule has 0 fully saturated rings. The van der Waals surface area contributed by atoms with Crippen LogP contribution in [0.15, 0.2) is 63.8 Å². The van der Waals surface area contributed by atoms with E-state index in [1.165, 1.54) is 50.4 Å². The Hall–Kier alpha value is -3.63. The van der Waals surface area contributed by atoms with Gasteiger partial charge in [-0.05, 0) is 47.0 Å². The zero-order valence-electron chi connectivity index (χ0n) is 19.7. The summed E-state index contributed by atoms with van der Waals surface area (Å²) in [6.45, 7) is 1.17. The first-order valence-electron chi connectivity index (χ1n) is 10.9. The van der Waals surface area contributed by atoms with E-state index in [4.69, 9.17) is 16.0 Å². The summed E-state index contributed by atoms with van der Waals surface area (Å²) in [5, 5.41) is 11.0. The van der Waals surface area contributed by atoms with Crippen LogP contribution in [0.5, 0.6) is 0 Å². The summed E-state index contributed by atoms with van der Waals surface area (Å²) < 4.78 is 68.5. The Morgan fingerprint density at radius 3 is 2.41 bits per heavy atom. The maximum Gasteiger partial charge on any atom is 0.422 e. The predicted molar refractivity (Wildman–Crippen MR) is 128 cm³/mol. The topological polar surface area (TPSA) is 81.7 Å². The number of aliphatic hydroxyl groups is 1. The van der Waals surface area contributed by atoms with E-state index in [2.05, 4.69) is 4.74 Å². The third kappa shape index (κ3) is 4.40. The van der Waals surface area contributed by atoms with Crippen molar-refractivity contribution < 1.29 is 36.6 Å². The second-order valence-corrected chi connectivity index (χ2v) is 8.93. The molecular weight excluding hydrogens is 518 g/mol. The molecule has 4 rings (SSSR count). The summed E-state index contributed by atoms with van der Waals surface area (Å²) in [5.41, 5.74) is -3.51. The molecule has 3 aromatic carbocycles. The van der Waals surface area contributed by atoms with E-state index in [0.29, 0.717) is 0 Å². The van der Waals surface area contributed by atoms with Gasteiger partial charge in [0.1, 0.15) is 5.82 Å². The minimum Gasteiger partial charge on any atom is -0.465 e. The van der Waals surface area contributed by atoms with Gasteiger partial charge in [0.15, 0.2) is 11.2 Å². The molecular formula is C26H20ClF4NO5. The van der Waals surface area contributed by atoms with Crippen molar-refractivity contribution in [2.75, 3.05) is 7.11 Å². The number of carbonyl (C=O) groups is 1. The van der Waals surface area contributed by atoms with Crippen molar-refractivity contribution in [2.24, 2.45) is 7.05 Å². The maximum absolute atomic E-state index is 14.7. The summed E-state index contributed by atoms with van der Waals surface area (Å²) in [4.78, 5) is 23.4. The number of aromatic nitrogens is 1. The number of hydrogen-bond acceptors (Lipinski definition) is 5. The molecule has 1 aromatic heterocycles. The van der Waals surface area contributed by atoms with E-state index in [-0.39, 0.29) is 38.4 Å². The summed E-state index contributed by atoms with van der Waals surface area (Å²) in [5.74, 6) is -3.86. The number of oxazole rings is 1. The van der Waals surface area contributed by atoms with Gasteiger partial charge in [-0.3, -0.25) is 4.57 Å². The van der Waals surface area contributed by atoms with Gasteiger partial charge in [0.2, 0.25) is 0 Å². The number of fused-ring (bicyclic) bond motifs is 1. The summed E-state index contributed by atoms with van der Waals surface area (Å²) in [7, 11) is 2.49. The molecule has 2 unspecified atom stereocenters.